The molecule has 0 bridgehead atoms. The van der Waals surface area contributed by atoms with Crippen LogP contribution in [0.4, 0.5) is 0 Å². The molecule has 16 heavy (non-hydrogen) atoms. The molecule has 1 aromatic heterocycles. The molecule has 2 rings (SSSR count). The number of thiophene rings is 1. The molecule has 3 heteroatoms. The number of benzene rings is 1. The number of hydrogen-bond donors (Lipinski definition) is 1. The van der Waals surface area contributed by atoms with Crippen LogP contribution in [-0.4, -0.2) is 5.11 Å². The Kier molecular flexibility index (Phi) is 3.79. The lowest BCUT2D eigenvalue weighted by molar-refractivity contribution is 0.182. The maximum Gasteiger partial charge on any atom is 0.0922 e. The van der Waals surface area contributed by atoms with Gasteiger partial charge in [-0.15, -0.1) is 11.3 Å². The minimum Gasteiger partial charge on any atom is -0.387 e. The molecule has 1 aromatic carbocycles. The van der Waals surface area contributed by atoms with Crippen molar-refractivity contribution in [2.24, 2.45) is 0 Å². The molecule has 0 fully saturated rings. The summed E-state index contributed by atoms with van der Waals surface area (Å²) in [5.41, 5.74) is 1.14. The normalized spacial score (nSPS) is 12.7. The second-order valence-corrected chi connectivity index (χ2v) is 5.93. The summed E-state index contributed by atoms with van der Waals surface area (Å²) in [7, 11) is 0. The molecule has 0 saturated carbocycles. The minimum absolute atomic E-state index is 0.405. The highest BCUT2D eigenvalue weighted by atomic mass is 79.9. The first-order valence-corrected chi connectivity index (χ1v) is 6.75. The maximum atomic E-state index is 10.1. The number of aliphatic hydroxyl groups is 1. The van der Waals surface area contributed by atoms with Crippen LogP contribution in [0.25, 0.3) is 0 Å². The molecular weight excluding hydrogens is 284 g/mol. The van der Waals surface area contributed by atoms with Crippen molar-refractivity contribution in [3.05, 3.63) is 56.2 Å². The average molecular weight is 297 g/mol. The van der Waals surface area contributed by atoms with Gasteiger partial charge in [-0.3, -0.25) is 0 Å². The maximum absolute atomic E-state index is 10.1. The Hall–Kier alpha value is -0.640. The van der Waals surface area contributed by atoms with Gasteiger partial charge in [0.25, 0.3) is 0 Å². The fraction of sp³-hybridized carbons (Fsp3) is 0.231. The molecule has 0 aliphatic heterocycles. The molecule has 0 saturated heterocycles. The van der Waals surface area contributed by atoms with Crippen molar-refractivity contribution in [1.29, 1.82) is 0 Å². The molecule has 1 N–H and O–H groups in total. The van der Waals surface area contributed by atoms with Crippen LogP contribution in [0, 0.1) is 6.92 Å². The van der Waals surface area contributed by atoms with E-state index in [-0.39, 0.29) is 0 Å². The Morgan fingerprint density at radius 3 is 2.62 bits per heavy atom. The van der Waals surface area contributed by atoms with Crippen LogP contribution in [0.3, 0.4) is 0 Å². The lowest BCUT2D eigenvalue weighted by Crippen LogP contribution is -1.99. The van der Waals surface area contributed by atoms with E-state index in [0.29, 0.717) is 6.42 Å². The molecule has 1 heterocycles. The second-order valence-electron chi connectivity index (χ2n) is 3.76. The van der Waals surface area contributed by atoms with Crippen LogP contribution in [0.5, 0.6) is 0 Å². The van der Waals surface area contributed by atoms with Gasteiger partial charge >= 0.3 is 0 Å². The van der Waals surface area contributed by atoms with Gasteiger partial charge in [-0.05, 0) is 30.7 Å². The molecule has 0 radical (unpaired) electrons. The van der Waals surface area contributed by atoms with Gasteiger partial charge < -0.3 is 5.11 Å². The van der Waals surface area contributed by atoms with Crippen LogP contribution in [0.1, 0.15) is 21.4 Å². The molecular formula is C13H13BrOS. The summed E-state index contributed by atoms with van der Waals surface area (Å²) in [5, 5.41) is 10.1. The first kappa shape index (κ1) is 11.8. The largest absolute Gasteiger partial charge is 0.387 e. The number of halogens is 1. The van der Waals surface area contributed by atoms with Crippen molar-refractivity contribution in [2.45, 2.75) is 19.4 Å². The Labute approximate surface area is 108 Å². The van der Waals surface area contributed by atoms with Gasteiger partial charge in [0.2, 0.25) is 0 Å². The van der Waals surface area contributed by atoms with Crippen LogP contribution < -0.4 is 0 Å². The van der Waals surface area contributed by atoms with E-state index in [2.05, 4.69) is 22.9 Å². The molecule has 2 aromatic rings. The SMILES string of the molecule is Cc1ccc(C(O)Cc2ccccc2Br)s1. The predicted octanol–water partition coefficient (Wildman–Crippen LogP) is 4.10. The lowest BCUT2D eigenvalue weighted by Gasteiger charge is -2.09. The first-order valence-electron chi connectivity index (χ1n) is 5.14. The zero-order valence-corrected chi connectivity index (χ0v) is 11.4. The predicted molar refractivity (Wildman–Crippen MR) is 71.9 cm³/mol. The van der Waals surface area contributed by atoms with Crippen molar-refractivity contribution < 1.29 is 5.11 Å². The Morgan fingerprint density at radius 1 is 1.25 bits per heavy atom. The quantitative estimate of drug-likeness (QED) is 0.904. The summed E-state index contributed by atoms with van der Waals surface area (Å²) >= 11 is 5.15. The van der Waals surface area contributed by atoms with Gasteiger partial charge in [-0.25, -0.2) is 0 Å². The van der Waals surface area contributed by atoms with E-state index in [1.54, 1.807) is 11.3 Å². The molecule has 1 unspecified atom stereocenters. The van der Waals surface area contributed by atoms with Gasteiger partial charge in [-0.2, -0.15) is 0 Å². The molecule has 0 spiro atoms. The molecule has 0 aliphatic carbocycles. The number of hydrogen-bond acceptors (Lipinski definition) is 2. The first-order chi connectivity index (χ1) is 7.66. The Morgan fingerprint density at radius 2 is 2.00 bits per heavy atom. The summed E-state index contributed by atoms with van der Waals surface area (Å²) < 4.78 is 1.06. The fourth-order valence-corrected chi connectivity index (χ4v) is 2.92. The van der Waals surface area contributed by atoms with Crippen molar-refractivity contribution in [3.8, 4) is 0 Å². The molecule has 0 aliphatic rings. The van der Waals surface area contributed by atoms with E-state index in [0.717, 1.165) is 14.9 Å². The zero-order valence-electron chi connectivity index (χ0n) is 8.98. The third-order valence-electron chi connectivity index (χ3n) is 2.46. The lowest BCUT2D eigenvalue weighted by atomic mass is 10.1. The zero-order chi connectivity index (χ0) is 11.5. The number of aliphatic hydroxyl groups excluding tert-OH is 1. The fourth-order valence-electron chi connectivity index (χ4n) is 1.61. The third-order valence-corrected chi connectivity index (χ3v) is 4.34. The van der Waals surface area contributed by atoms with E-state index in [4.69, 9.17) is 0 Å². The summed E-state index contributed by atoms with van der Waals surface area (Å²) in [5.74, 6) is 0. The Balaban J connectivity index is 2.13. The van der Waals surface area contributed by atoms with E-state index in [9.17, 15) is 5.11 Å². The topological polar surface area (TPSA) is 20.2 Å². The molecule has 1 nitrogen and oxygen atoms in total. The third kappa shape index (κ3) is 2.73. The van der Waals surface area contributed by atoms with Crippen LogP contribution in [0.2, 0.25) is 0 Å². The summed E-state index contributed by atoms with van der Waals surface area (Å²) in [6, 6.07) is 12.1. The second kappa shape index (κ2) is 5.13. The average Bonchev–Trinajstić information content (AvgIpc) is 2.68. The van der Waals surface area contributed by atoms with Gasteiger partial charge in [0.05, 0.1) is 6.10 Å². The highest BCUT2D eigenvalue weighted by Gasteiger charge is 2.11. The van der Waals surface area contributed by atoms with Gasteiger partial charge in [0, 0.05) is 20.6 Å². The van der Waals surface area contributed by atoms with Crippen molar-refractivity contribution in [1.82, 2.24) is 0 Å². The van der Waals surface area contributed by atoms with E-state index in [1.807, 2.05) is 36.4 Å². The Bertz CT molecular complexity index is 478. The summed E-state index contributed by atoms with van der Waals surface area (Å²) in [6.07, 6.45) is 0.249. The summed E-state index contributed by atoms with van der Waals surface area (Å²) in [4.78, 5) is 2.27. The molecule has 84 valence electrons. The minimum atomic E-state index is -0.405. The van der Waals surface area contributed by atoms with E-state index < -0.39 is 6.10 Å². The standard InChI is InChI=1S/C13H13BrOS/c1-9-6-7-13(16-9)12(15)8-10-4-2-3-5-11(10)14/h2-7,12,15H,8H2,1H3. The van der Waals surface area contributed by atoms with Crippen molar-refractivity contribution >= 4 is 27.3 Å². The van der Waals surface area contributed by atoms with E-state index >= 15 is 0 Å². The molecule has 0 amide bonds. The highest BCUT2D eigenvalue weighted by Crippen LogP contribution is 2.27. The number of rotatable bonds is 3. The summed E-state index contributed by atoms with van der Waals surface area (Å²) in [6.45, 7) is 2.05. The monoisotopic (exact) mass is 296 g/mol. The van der Waals surface area contributed by atoms with E-state index in [1.165, 1.54) is 4.88 Å². The van der Waals surface area contributed by atoms with Crippen molar-refractivity contribution in [3.63, 3.8) is 0 Å². The van der Waals surface area contributed by atoms with Gasteiger partial charge in [0.1, 0.15) is 0 Å². The smallest absolute Gasteiger partial charge is 0.0922 e. The highest BCUT2D eigenvalue weighted by molar-refractivity contribution is 9.10. The van der Waals surface area contributed by atoms with Crippen LogP contribution in [0.15, 0.2) is 40.9 Å². The van der Waals surface area contributed by atoms with Crippen molar-refractivity contribution in [2.75, 3.05) is 0 Å². The van der Waals surface area contributed by atoms with Crippen LogP contribution in [-0.2, 0) is 6.42 Å². The van der Waals surface area contributed by atoms with Gasteiger partial charge in [0.15, 0.2) is 0 Å². The number of aryl methyl sites for hydroxylation is 1. The van der Waals surface area contributed by atoms with Gasteiger partial charge in [-0.1, -0.05) is 34.1 Å². The van der Waals surface area contributed by atoms with Crippen LogP contribution >= 0.6 is 27.3 Å². The molecule has 1 atom stereocenters.